The minimum atomic E-state index is 0.685. The maximum absolute atomic E-state index is 5.69. The Hall–Kier alpha value is -0.440. The highest BCUT2D eigenvalue weighted by Crippen LogP contribution is 2.16. The Balaban J connectivity index is 4.53. The van der Waals surface area contributed by atoms with Crippen LogP contribution < -0.4 is 5.73 Å². The number of rotatable bonds is 3. The molecule has 3 heteroatoms. The highest BCUT2D eigenvalue weighted by Gasteiger charge is 2.01. The number of ether oxygens (including phenoxy) is 1. The summed E-state index contributed by atoms with van der Waals surface area (Å²) in [7, 11) is 1.61. The molecule has 0 aliphatic heterocycles. The lowest BCUT2D eigenvalue weighted by atomic mass is 10.3. The molecule has 0 rings (SSSR count). The normalized spacial score (nSPS) is 14.4. The highest BCUT2D eigenvalue weighted by molar-refractivity contribution is 9.11. The third-order valence-corrected chi connectivity index (χ3v) is 1.56. The Morgan fingerprint density at radius 3 is 2.45 bits per heavy atom. The van der Waals surface area contributed by atoms with Crippen molar-refractivity contribution in [3.63, 3.8) is 0 Å². The van der Waals surface area contributed by atoms with Gasteiger partial charge in [0.2, 0.25) is 0 Å². The topological polar surface area (TPSA) is 35.2 Å². The molecule has 11 heavy (non-hydrogen) atoms. The fraction of sp³-hybridized carbons (Fsp3) is 0.500. The van der Waals surface area contributed by atoms with Gasteiger partial charge in [0, 0.05) is 4.48 Å². The highest BCUT2D eigenvalue weighted by atomic mass is 79.9. The second-order valence-electron chi connectivity index (χ2n) is 2.13. The van der Waals surface area contributed by atoms with Crippen LogP contribution in [0.1, 0.15) is 20.3 Å². The van der Waals surface area contributed by atoms with E-state index in [4.69, 9.17) is 10.5 Å². The summed E-state index contributed by atoms with van der Waals surface area (Å²) in [5.41, 5.74) is 6.37. The Morgan fingerprint density at radius 2 is 2.18 bits per heavy atom. The van der Waals surface area contributed by atoms with E-state index < -0.39 is 0 Å². The molecule has 2 nitrogen and oxygen atoms in total. The number of halogens is 1. The fourth-order valence-electron chi connectivity index (χ4n) is 0.770. The van der Waals surface area contributed by atoms with E-state index in [1.54, 1.807) is 7.11 Å². The van der Waals surface area contributed by atoms with Gasteiger partial charge in [0.15, 0.2) is 5.76 Å². The average molecular weight is 220 g/mol. The Morgan fingerprint density at radius 1 is 1.64 bits per heavy atom. The van der Waals surface area contributed by atoms with Gasteiger partial charge in [-0.25, -0.2) is 0 Å². The zero-order valence-corrected chi connectivity index (χ0v) is 8.73. The molecule has 0 aromatic rings. The summed E-state index contributed by atoms with van der Waals surface area (Å²) >= 11 is 3.31. The molecule has 0 spiro atoms. The van der Waals surface area contributed by atoms with Crippen LogP contribution in [0.4, 0.5) is 0 Å². The molecule has 0 aliphatic carbocycles. The number of nitrogens with two attached hydrogens (primary N) is 1. The van der Waals surface area contributed by atoms with E-state index in [1.165, 1.54) is 0 Å². The van der Waals surface area contributed by atoms with Gasteiger partial charge in [0.25, 0.3) is 0 Å². The number of hydrogen-bond donors (Lipinski definition) is 1. The van der Waals surface area contributed by atoms with Gasteiger partial charge < -0.3 is 10.5 Å². The molecule has 0 aliphatic rings. The van der Waals surface area contributed by atoms with Crippen LogP contribution in [-0.2, 0) is 4.74 Å². The summed E-state index contributed by atoms with van der Waals surface area (Å²) in [6, 6.07) is 0. The van der Waals surface area contributed by atoms with Crippen molar-refractivity contribution in [3.8, 4) is 0 Å². The van der Waals surface area contributed by atoms with Crippen LogP contribution in [0, 0.1) is 0 Å². The molecule has 0 atom stereocenters. The first-order valence-corrected chi connectivity index (χ1v) is 4.29. The van der Waals surface area contributed by atoms with Crippen molar-refractivity contribution in [2.75, 3.05) is 7.11 Å². The molecule has 0 aromatic heterocycles. The number of allylic oxidation sites excluding steroid dienone is 2. The standard InChI is InChI=1S/C8H14BrNO/c1-4-5-7(10)8(11-3)6(2)9/h5H,4,10H2,1-3H3/b7-5+,8-6-. The third kappa shape index (κ3) is 3.46. The van der Waals surface area contributed by atoms with E-state index in [2.05, 4.69) is 15.9 Å². The smallest absolute Gasteiger partial charge is 0.151 e. The monoisotopic (exact) mass is 219 g/mol. The van der Waals surface area contributed by atoms with Crippen LogP contribution in [0.2, 0.25) is 0 Å². The van der Waals surface area contributed by atoms with Gasteiger partial charge in [-0.05, 0) is 13.3 Å². The van der Waals surface area contributed by atoms with Crippen molar-refractivity contribution in [2.24, 2.45) is 5.73 Å². The second-order valence-corrected chi connectivity index (χ2v) is 3.32. The van der Waals surface area contributed by atoms with Crippen molar-refractivity contribution < 1.29 is 4.74 Å². The van der Waals surface area contributed by atoms with Crippen molar-refractivity contribution in [1.29, 1.82) is 0 Å². The fourth-order valence-corrected chi connectivity index (χ4v) is 1.16. The van der Waals surface area contributed by atoms with E-state index >= 15 is 0 Å². The van der Waals surface area contributed by atoms with E-state index in [0.717, 1.165) is 10.9 Å². The molecule has 0 radical (unpaired) electrons. The molecular formula is C8H14BrNO. The quantitative estimate of drug-likeness (QED) is 0.585. The lowest BCUT2D eigenvalue weighted by Crippen LogP contribution is -2.03. The van der Waals surface area contributed by atoms with Gasteiger partial charge in [-0.2, -0.15) is 0 Å². The predicted molar refractivity (Wildman–Crippen MR) is 51.2 cm³/mol. The minimum Gasteiger partial charge on any atom is -0.494 e. The first-order valence-electron chi connectivity index (χ1n) is 3.49. The zero-order valence-electron chi connectivity index (χ0n) is 7.15. The van der Waals surface area contributed by atoms with Gasteiger partial charge >= 0.3 is 0 Å². The third-order valence-electron chi connectivity index (χ3n) is 1.20. The number of hydrogen-bond acceptors (Lipinski definition) is 2. The molecule has 2 N–H and O–H groups in total. The van der Waals surface area contributed by atoms with Crippen LogP contribution in [-0.4, -0.2) is 7.11 Å². The lowest BCUT2D eigenvalue weighted by Gasteiger charge is -2.06. The SMILES string of the molecule is CC/C=C(N)\C(OC)=C(/C)Br. The molecule has 0 aromatic carbocycles. The van der Waals surface area contributed by atoms with Crippen molar-refractivity contribution >= 4 is 15.9 Å². The van der Waals surface area contributed by atoms with Crippen LogP contribution in [0.5, 0.6) is 0 Å². The van der Waals surface area contributed by atoms with E-state index in [1.807, 2.05) is 19.9 Å². The summed E-state index contributed by atoms with van der Waals surface area (Å²) in [5.74, 6) is 0.715. The molecule has 0 saturated carbocycles. The van der Waals surface area contributed by atoms with Gasteiger partial charge in [0.05, 0.1) is 12.8 Å². The van der Waals surface area contributed by atoms with Crippen molar-refractivity contribution in [2.45, 2.75) is 20.3 Å². The molecule has 0 saturated heterocycles. The first-order chi connectivity index (χ1) is 5.13. The maximum atomic E-state index is 5.69. The van der Waals surface area contributed by atoms with E-state index in [-0.39, 0.29) is 0 Å². The molecule has 0 bridgehead atoms. The molecular weight excluding hydrogens is 206 g/mol. The van der Waals surface area contributed by atoms with Crippen molar-refractivity contribution in [1.82, 2.24) is 0 Å². The van der Waals surface area contributed by atoms with E-state index in [9.17, 15) is 0 Å². The molecule has 0 unspecified atom stereocenters. The van der Waals surface area contributed by atoms with Gasteiger partial charge in [-0.3, -0.25) is 0 Å². The summed E-state index contributed by atoms with van der Waals surface area (Å²) in [6.07, 6.45) is 2.84. The molecule has 0 fully saturated rings. The zero-order chi connectivity index (χ0) is 8.85. The summed E-state index contributed by atoms with van der Waals surface area (Å²) in [5, 5.41) is 0. The average Bonchev–Trinajstić information content (AvgIpc) is 1.88. The summed E-state index contributed by atoms with van der Waals surface area (Å²) in [6.45, 7) is 3.93. The van der Waals surface area contributed by atoms with E-state index in [0.29, 0.717) is 11.5 Å². The Bertz CT molecular complexity index is 181. The van der Waals surface area contributed by atoms with Crippen LogP contribution in [0.15, 0.2) is 22.0 Å². The maximum Gasteiger partial charge on any atom is 0.151 e. The molecule has 64 valence electrons. The van der Waals surface area contributed by atoms with Gasteiger partial charge in [-0.15, -0.1) is 0 Å². The minimum absolute atomic E-state index is 0.685. The van der Waals surface area contributed by atoms with Crippen LogP contribution >= 0.6 is 15.9 Å². The van der Waals surface area contributed by atoms with Crippen LogP contribution in [0.3, 0.4) is 0 Å². The molecule has 0 amide bonds. The van der Waals surface area contributed by atoms with Crippen molar-refractivity contribution in [3.05, 3.63) is 22.0 Å². The lowest BCUT2D eigenvalue weighted by molar-refractivity contribution is 0.298. The van der Waals surface area contributed by atoms with Gasteiger partial charge in [0.1, 0.15) is 0 Å². The largest absolute Gasteiger partial charge is 0.494 e. The predicted octanol–water partition coefficient (Wildman–Crippen LogP) is 2.51. The first kappa shape index (κ1) is 10.6. The second kappa shape index (κ2) is 5.24. The summed E-state index contributed by atoms with van der Waals surface area (Å²) in [4.78, 5) is 0. The Kier molecular flexibility index (Phi) is 5.03. The number of methoxy groups -OCH3 is 1. The van der Waals surface area contributed by atoms with Crippen LogP contribution in [0.25, 0.3) is 0 Å². The molecule has 0 heterocycles. The van der Waals surface area contributed by atoms with Gasteiger partial charge in [-0.1, -0.05) is 28.9 Å². The Labute approximate surface area is 76.2 Å². The summed E-state index contributed by atoms with van der Waals surface area (Å²) < 4.78 is 5.98.